The van der Waals surface area contributed by atoms with Crippen molar-refractivity contribution >= 4 is 0 Å². The Bertz CT molecular complexity index is 282. The summed E-state index contributed by atoms with van der Waals surface area (Å²) in [4.78, 5) is 0. The molecule has 0 spiro atoms. The van der Waals surface area contributed by atoms with Gasteiger partial charge >= 0.3 is 29.1 Å². The second-order valence-electron chi connectivity index (χ2n) is 4.81. The summed E-state index contributed by atoms with van der Waals surface area (Å²) in [7, 11) is 0. The van der Waals surface area contributed by atoms with Gasteiger partial charge in [-0.15, -0.1) is 0 Å². The van der Waals surface area contributed by atoms with Crippen molar-refractivity contribution in [2.75, 3.05) is 0 Å². The maximum atomic E-state index is 12.4. The molecule has 0 heterocycles. The van der Waals surface area contributed by atoms with Crippen LogP contribution in [0.2, 0.25) is 0 Å². The fourth-order valence-corrected chi connectivity index (χ4v) is 2.59. The third-order valence-corrected chi connectivity index (χ3v) is 3.85. The molecule has 0 amide bonds. The average molecular weight is 282 g/mol. The first-order valence-corrected chi connectivity index (χ1v) is 5.51. The van der Waals surface area contributed by atoms with Gasteiger partial charge in [-0.1, -0.05) is 32.1 Å². The molecule has 18 heavy (non-hydrogen) atoms. The van der Waals surface area contributed by atoms with Gasteiger partial charge in [-0.05, 0) is 0 Å². The van der Waals surface area contributed by atoms with E-state index in [1.807, 2.05) is 0 Å². The summed E-state index contributed by atoms with van der Waals surface area (Å²) < 4.78 is 96.9. The van der Waals surface area contributed by atoms with E-state index < -0.39 is 29.1 Å². The quantitative estimate of drug-likeness (QED) is 0.581. The zero-order valence-electron chi connectivity index (χ0n) is 9.06. The minimum Gasteiger partial charge on any atom is -0.223 e. The van der Waals surface area contributed by atoms with Gasteiger partial charge in [-0.25, -0.2) is 8.78 Å². The summed E-state index contributed by atoms with van der Waals surface area (Å²) in [6.07, 6.45) is 7.50. The molecule has 0 aromatic heterocycles. The van der Waals surface area contributed by atoms with Crippen LogP contribution in [0.1, 0.15) is 32.1 Å². The van der Waals surface area contributed by atoms with Crippen molar-refractivity contribution in [2.45, 2.75) is 61.2 Å². The van der Waals surface area contributed by atoms with E-state index in [0.29, 0.717) is 0 Å². The highest BCUT2D eigenvalue weighted by Gasteiger charge is 3.22. The molecular weight excluding hydrogens is 272 g/mol. The number of hydrogen-bond acceptors (Lipinski definition) is 0. The monoisotopic (exact) mass is 282 g/mol. The Morgan fingerprint density at radius 3 is 0.667 bits per heavy atom. The third kappa shape index (κ3) is 0.943. The molecule has 0 radical (unpaired) electrons. The van der Waals surface area contributed by atoms with Gasteiger partial charge in [0.25, 0.3) is 0 Å². The van der Waals surface area contributed by atoms with E-state index in [1.165, 1.54) is 32.1 Å². The molecule has 106 valence electrons. The lowest BCUT2D eigenvalue weighted by atomic mass is 9.41. The van der Waals surface area contributed by atoms with Crippen LogP contribution in [0.3, 0.4) is 0 Å². The molecule has 0 aromatic rings. The van der Waals surface area contributed by atoms with Gasteiger partial charge in [0.2, 0.25) is 0 Å². The van der Waals surface area contributed by atoms with E-state index in [1.54, 1.807) is 0 Å². The number of halogens is 8. The Balaban J connectivity index is 0.000000202. The van der Waals surface area contributed by atoms with Crippen LogP contribution in [0.15, 0.2) is 0 Å². The third-order valence-electron chi connectivity index (χ3n) is 3.85. The van der Waals surface area contributed by atoms with Crippen molar-refractivity contribution in [3.8, 4) is 0 Å². The predicted octanol–water partition coefficient (Wildman–Crippen LogP) is 4.29. The SMILES string of the molecule is C1CCCC1.FC1(F)C2(F)C(F)(F)C1(F)C2(F)F. The van der Waals surface area contributed by atoms with Crippen molar-refractivity contribution in [1.29, 1.82) is 0 Å². The van der Waals surface area contributed by atoms with E-state index in [4.69, 9.17) is 0 Å². The molecule has 4 aliphatic carbocycles. The summed E-state index contributed by atoms with van der Waals surface area (Å²) in [6.45, 7) is 0. The summed E-state index contributed by atoms with van der Waals surface area (Å²) in [5.74, 6) is -15.9. The van der Waals surface area contributed by atoms with Gasteiger partial charge < -0.3 is 0 Å². The van der Waals surface area contributed by atoms with Crippen LogP contribution in [0.25, 0.3) is 0 Å². The van der Waals surface area contributed by atoms with Gasteiger partial charge in [0.05, 0.1) is 0 Å². The van der Waals surface area contributed by atoms with Crippen LogP contribution in [-0.2, 0) is 0 Å². The van der Waals surface area contributed by atoms with Crippen LogP contribution in [0.5, 0.6) is 0 Å². The maximum Gasteiger partial charge on any atom is 0.339 e. The lowest BCUT2D eigenvalue weighted by molar-refractivity contribution is -0.607. The molecule has 0 aromatic carbocycles. The van der Waals surface area contributed by atoms with Gasteiger partial charge in [0, 0.05) is 0 Å². The molecule has 4 fully saturated rings. The topological polar surface area (TPSA) is 0 Å². The zero-order chi connectivity index (χ0) is 14.0. The molecule has 0 atom stereocenters. The Morgan fingerprint density at radius 1 is 0.389 bits per heavy atom. The number of hydrogen-bond donors (Lipinski definition) is 0. The van der Waals surface area contributed by atoms with Crippen molar-refractivity contribution in [3.63, 3.8) is 0 Å². The molecule has 2 bridgehead atoms. The van der Waals surface area contributed by atoms with Crippen LogP contribution >= 0.6 is 0 Å². The number of rotatable bonds is 0. The van der Waals surface area contributed by atoms with Gasteiger partial charge in [-0.3, -0.25) is 0 Å². The van der Waals surface area contributed by atoms with Crippen LogP contribution < -0.4 is 0 Å². The molecule has 0 unspecified atom stereocenters. The molecule has 8 heteroatoms. The molecule has 4 saturated carbocycles. The Morgan fingerprint density at radius 2 is 0.556 bits per heavy atom. The first kappa shape index (κ1) is 13.9. The standard InChI is InChI=1S/C5F8.C5H10/c6-1-3(8,9)2(7,4(1,10)11)5(1,12)13;1-2-4-5-3-1/h;1-5H2. The summed E-state index contributed by atoms with van der Waals surface area (Å²) in [5.41, 5.74) is -10.7. The fourth-order valence-electron chi connectivity index (χ4n) is 2.59. The summed E-state index contributed by atoms with van der Waals surface area (Å²) in [6, 6.07) is 0. The predicted molar refractivity (Wildman–Crippen MR) is 45.6 cm³/mol. The van der Waals surface area contributed by atoms with E-state index in [2.05, 4.69) is 0 Å². The minimum absolute atomic E-state index is 1.50. The van der Waals surface area contributed by atoms with Crippen molar-refractivity contribution < 1.29 is 35.1 Å². The van der Waals surface area contributed by atoms with Crippen molar-refractivity contribution in [3.05, 3.63) is 0 Å². The smallest absolute Gasteiger partial charge is 0.223 e. The van der Waals surface area contributed by atoms with Gasteiger partial charge in [0.15, 0.2) is 0 Å². The Hall–Kier alpha value is -0.560. The highest BCUT2D eigenvalue weighted by Crippen LogP contribution is 2.87. The highest BCUT2D eigenvalue weighted by atomic mass is 19.3. The van der Waals surface area contributed by atoms with Gasteiger partial charge in [-0.2, -0.15) is 26.3 Å². The Labute approximate surface area is 97.3 Å². The fraction of sp³-hybridized carbons (Fsp3) is 1.00. The summed E-state index contributed by atoms with van der Waals surface area (Å²) in [5, 5.41) is 0. The molecule has 0 aliphatic heterocycles. The second kappa shape index (κ2) is 3.30. The normalized spacial score (nSPS) is 45.3. The lowest BCUT2D eigenvalue weighted by Crippen LogP contribution is -3.08. The lowest BCUT2D eigenvalue weighted by Gasteiger charge is -2.73. The van der Waals surface area contributed by atoms with E-state index in [-0.39, 0.29) is 0 Å². The minimum atomic E-state index is -5.36. The molecule has 0 nitrogen and oxygen atoms in total. The van der Waals surface area contributed by atoms with E-state index in [0.717, 1.165) is 0 Å². The van der Waals surface area contributed by atoms with Crippen LogP contribution in [0, 0.1) is 0 Å². The largest absolute Gasteiger partial charge is 0.339 e. The first-order valence-electron chi connectivity index (χ1n) is 5.51. The Kier molecular flexibility index (Phi) is 2.54. The number of alkyl halides is 8. The maximum absolute atomic E-state index is 12.4. The molecule has 0 N–H and O–H groups in total. The molecule has 4 aliphatic rings. The van der Waals surface area contributed by atoms with Gasteiger partial charge in [0.1, 0.15) is 0 Å². The molecular formula is C10H10F8. The van der Waals surface area contributed by atoms with E-state index >= 15 is 0 Å². The zero-order valence-corrected chi connectivity index (χ0v) is 9.06. The second-order valence-corrected chi connectivity index (χ2v) is 4.81. The van der Waals surface area contributed by atoms with Crippen molar-refractivity contribution in [2.24, 2.45) is 0 Å². The molecule has 4 rings (SSSR count). The first-order chi connectivity index (χ1) is 8.00. The summed E-state index contributed by atoms with van der Waals surface area (Å²) >= 11 is 0. The van der Waals surface area contributed by atoms with Crippen LogP contribution in [0.4, 0.5) is 35.1 Å². The average Bonchev–Trinajstić information content (AvgIpc) is 2.84. The molecule has 0 saturated heterocycles. The highest BCUT2D eigenvalue weighted by molar-refractivity contribution is 5.53. The van der Waals surface area contributed by atoms with Crippen molar-refractivity contribution in [1.82, 2.24) is 0 Å². The van der Waals surface area contributed by atoms with Crippen LogP contribution in [-0.4, -0.2) is 29.1 Å². The van der Waals surface area contributed by atoms with E-state index in [9.17, 15) is 35.1 Å².